The van der Waals surface area contributed by atoms with Crippen molar-refractivity contribution in [2.45, 2.75) is 127 Å². The number of carbonyl (C=O) groups excluding carboxylic acids is 3. The van der Waals surface area contributed by atoms with Gasteiger partial charge in [0.15, 0.2) is 23.3 Å². The van der Waals surface area contributed by atoms with E-state index in [9.17, 15) is 31.2 Å². The van der Waals surface area contributed by atoms with Gasteiger partial charge in [-0.2, -0.15) is 11.8 Å². The second-order valence-electron chi connectivity index (χ2n) is 22.7. The second kappa shape index (κ2) is 28.4. The highest BCUT2D eigenvalue weighted by atomic mass is 32.3. The van der Waals surface area contributed by atoms with Gasteiger partial charge in [0, 0.05) is 85.8 Å². The van der Waals surface area contributed by atoms with Gasteiger partial charge >= 0.3 is 12.1 Å². The zero-order valence-electron chi connectivity index (χ0n) is 49.9. The van der Waals surface area contributed by atoms with Gasteiger partial charge < -0.3 is 28.7 Å². The number of Topliss-reactive ketones (excluding diaryl/α,β-unsaturated/α-hetero) is 1. The van der Waals surface area contributed by atoms with Crippen molar-refractivity contribution in [2.75, 3.05) is 42.3 Å². The van der Waals surface area contributed by atoms with Gasteiger partial charge in [-0.15, -0.1) is 11.8 Å². The van der Waals surface area contributed by atoms with Crippen LogP contribution in [-0.2, 0) is 39.1 Å². The van der Waals surface area contributed by atoms with Crippen LogP contribution in [0.15, 0.2) is 116 Å². The molecule has 86 heavy (non-hydrogen) atoms. The van der Waals surface area contributed by atoms with E-state index in [0.29, 0.717) is 39.9 Å². The van der Waals surface area contributed by atoms with Gasteiger partial charge in [-0.3, -0.25) is 9.59 Å². The maximum Gasteiger partial charge on any atom is 0.407 e. The molecule has 1 amide bonds. The number of nitrogens with zero attached hydrogens (tertiary/aromatic N) is 1. The lowest BCUT2D eigenvalue weighted by atomic mass is 9.89. The van der Waals surface area contributed by atoms with Gasteiger partial charge in [0.2, 0.25) is 11.0 Å². The van der Waals surface area contributed by atoms with E-state index >= 15 is 17.6 Å². The number of hydrogen-bond donors (Lipinski definition) is 3. The summed E-state index contributed by atoms with van der Waals surface area (Å²) in [6, 6.07) is 28.1. The summed E-state index contributed by atoms with van der Waals surface area (Å²) >= 11 is 1.57. The number of ether oxygens (including phenoxy) is 2. The van der Waals surface area contributed by atoms with Crippen LogP contribution in [0, 0.1) is 28.7 Å². The minimum Gasteiger partial charge on any atom is -0.464 e. The number of rotatable bonds is 25. The zero-order chi connectivity index (χ0) is 63.0. The fourth-order valence-electron chi connectivity index (χ4n) is 9.58. The molecule has 2 aliphatic rings. The van der Waals surface area contributed by atoms with E-state index in [1.807, 2.05) is 32.9 Å². The molecule has 5 aromatic rings. The van der Waals surface area contributed by atoms with Crippen molar-refractivity contribution in [3.63, 3.8) is 0 Å². The molecular weight excluding hydrogens is 1190 g/mol. The molecule has 5 aromatic carbocycles. The lowest BCUT2D eigenvalue weighted by molar-refractivity contribution is -0.404. The van der Waals surface area contributed by atoms with Crippen LogP contribution in [0.3, 0.4) is 0 Å². The molecule has 0 saturated carbocycles. The first-order chi connectivity index (χ1) is 40.5. The van der Waals surface area contributed by atoms with Crippen molar-refractivity contribution in [2.24, 2.45) is 5.41 Å². The lowest BCUT2D eigenvalue weighted by Gasteiger charge is -2.25. The molecule has 3 N–H and O–H groups in total. The Hall–Kier alpha value is -6.72. The molecule has 7 rings (SSSR count). The molecule has 22 heteroatoms. The molecule has 0 atom stereocenters. The molecular formula is C64H72F4N4O10S4. The van der Waals surface area contributed by atoms with Crippen LogP contribution < -0.4 is 21.0 Å². The number of benzene rings is 6. The Morgan fingerprint density at radius 1 is 0.651 bits per heavy atom. The van der Waals surface area contributed by atoms with Gasteiger partial charge in [0.05, 0.1) is 28.8 Å². The fourth-order valence-corrected chi connectivity index (χ4v) is 14.2. The summed E-state index contributed by atoms with van der Waals surface area (Å²) in [4.78, 5) is 35.6. The van der Waals surface area contributed by atoms with Crippen LogP contribution in [0.1, 0.15) is 135 Å². The van der Waals surface area contributed by atoms with Crippen LogP contribution in [0.5, 0.6) is 0 Å². The molecule has 0 saturated heterocycles. The third-order valence-corrected chi connectivity index (χ3v) is 19.4. The topological polar surface area (TPSA) is 203 Å². The smallest absolute Gasteiger partial charge is 0.407 e. The third-order valence-electron chi connectivity index (χ3n) is 14.0. The van der Waals surface area contributed by atoms with Crippen molar-refractivity contribution in [1.29, 1.82) is 0 Å². The number of amides is 1. The Bertz CT molecular complexity index is 3860. The van der Waals surface area contributed by atoms with Gasteiger partial charge in [-0.1, -0.05) is 131 Å². The van der Waals surface area contributed by atoms with Gasteiger partial charge in [-0.05, 0) is 59.1 Å². The maximum atomic E-state index is 15.9. The summed E-state index contributed by atoms with van der Waals surface area (Å²) in [5.41, 5.74) is 7.17. The first kappa shape index (κ1) is 66.8. The Balaban J connectivity index is 1.15. The molecule has 0 unspecified atom stereocenters. The summed E-state index contributed by atoms with van der Waals surface area (Å²) in [5.74, 6) is -8.24. The number of carbonyl (C=O) groups is 3. The van der Waals surface area contributed by atoms with E-state index in [1.165, 1.54) is 30.0 Å². The Morgan fingerprint density at radius 2 is 1.24 bits per heavy atom. The number of esters is 1. The standard InChI is InChI=1S/C64H71F4N4O10S4/c1-36(2)42-17-14-18-43(37(3)4)59(42)70-40-22-24-46-49(34-40)82-50-35-41(71-60-44(38(5)6)19-15-20-45(60)39(7)8)23-25-47(50)54(46)48-16-12-13-21-51(48)85(76,77)72-86(78,79)62-57(67)55(65)61(56(66)58(62)68)84-33-30-81-63(75)69-28-29-80-53(74)27-32-83-31-26-52(73)64(9,10)11/h12-25,34-39H,26-33H2,1-11H3,(H,69,75)(H,70,71)/q-1/p+1. The quantitative estimate of drug-likeness (QED) is 0.0122. The molecule has 1 aliphatic carbocycles. The summed E-state index contributed by atoms with van der Waals surface area (Å²) in [5, 5.41) is 6.93. The first-order valence-electron chi connectivity index (χ1n) is 28.1. The number of sulfonamides is 2. The van der Waals surface area contributed by atoms with E-state index in [1.54, 1.807) is 36.4 Å². The second-order valence-corrected chi connectivity index (χ2v) is 28.4. The molecule has 0 aromatic heterocycles. The SMILES string of the molecule is CC(C)c1cccc(C(C)C)c1Nc1ccc2c(-c3ccccc3S(=O)(=O)[N-]S(=O)(=O)c3c(F)c(F)c(SCCOC(=O)NCCOC(=O)CCSCCC(=O)C(C)(C)C)c(F)c3F)c3ccc(=[NH+]c4c(C(C)C)cccc4C(C)C)cc-3oc2c1. The first-order valence-corrected chi connectivity index (χ1v) is 33.2. The number of anilines is 2. The van der Waals surface area contributed by atoms with E-state index < -0.39 is 87.8 Å². The van der Waals surface area contributed by atoms with Crippen LogP contribution in [-0.4, -0.2) is 71.7 Å². The minimum atomic E-state index is -6.11. The van der Waals surface area contributed by atoms with Crippen molar-refractivity contribution < 1.29 is 67.7 Å². The number of ketones is 1. The molecule has 14 nitrogen and oxygen atoms in total. The molecule has 0 fully saturated rings. The van der Waals surface area contributed by atoms with Crippen LogP contribution in [0.4, 0.5) is 39.4 Å². The predicted octanol–water partition coefficient (Wildman–Crippen LogP) is 14.3. The number of thioether (sulfide) groups is 2. The van der Waals surface area contributed by atoms with E-state index in [4.69, 9.17) is 13.9 Å². The number of nitrogens with one attached hydrogen (secondary N) is 3. The number of para-hydroxylation sites is 2. The van der Waals surface area contributed by atoms with E-state index in [2.05, 4.69) is 99.4 Å². The summed E-state index contributed by atoms with van der Waals surface area (Å²) in [6.07, 6.45) is -0.574. The van der Waals surface area contributed by atoms with Crippen molar-refractivity contribution in [3.05, 3.63) is 152 Å². The highest BCUT2D eigenvalue weighted by Gasteiger charge is 2.33. The highest BCUT2D eigenvalue weighted by molar-refractivity contribution is 8.12. The number of hydrogen-bond acceptors (Lipinski definition) is 13. The molecule has 1 aliphatic heterocycles. The minimum absolute atomic E-state index is 0.0744. The van der Waals surface area contributed by atoms with Crippen LogP contribution in [0.2, 0.25) is 0 Å². The van der Waals surface area contributed by atoms with E-state index in [0.717, 1.165) is 39.7 Å². The summed E-state index contributed by atoms with van der Waals surface area (Å²) in [7, 11) is -11.7. The lowest BCUT2D eigenvalue weighted by Crippen LogP contribution is -2.71. The maximum absolute atomic E-state index is 15.9. The van der Waals surface area contributed by atoms with E-state index in [-0.39, 0.29) is 83.3 Å². The van der Waals surface area contributed by atoms with Crippen molar-refractivity contribution in [3.8, 4) is 22.5 Å². The highest BCUT2D eigenvalue weighted by Crippen LogP contribution is 2.46. The number of halogens is 4. The van der Waals surface area contributed by atoms with Gasteiger partial charge in [0.25, 0.3) is 0 Å². The normalized spacial score (nSPS) is 12.5. The fraction of sp³-hybridized carbons (Fsp3) is 0.375. The average Bonchev–Trinajstić information content (AvgIpc) is 0.774. The molecule has 0 bridgehead atoms. The largest absolute Gasteiger partial charge is 0.464 e. The number of fused-ring (bicyclic) bond motifs is 2. The van der Waals surface area contributed by atoms with Crippen LogP contribution in [0.25, 0.3) is 37.5 Å². The average molecular weight is 1260 g/mol. The zero-order valence-corrected chi connectivity index (χ0v) is 53.1. The Labute approximate surface area is 509 Å². The molecule has 0 spiro atoms. The molecule has 0 radical (unpaired) electrons. The third kappa shape index (κ3) is 15.9. The monoisotopic (exact) mass is 1260 g/mol. The Kier molecular flexibility index (Phi) is 22.1. The molecule has 1 heterocycles. The van der Waals surface area contributed by atoms with Gasteiger partial charge in [0.1, 0.15) is 55.3 Å². The molecule has 460 valence electrons. The summed E-state index contributed by atoms with van der Waals surface area (Å²) in [6.45, 7) is 21.3. The van der Waals surface area contributed by atoms with Crippen molar-refractivity contribution in [1.82, 2.24) is 5.32 Å². The van der Waals surface area contributed by atoms with Gasteiger partial charge in [-0.25, -0.2) is 44.2 Å². The number of alkyl carbamates (subject to hydrolysis) is 1. The Morgan fingerprint density at radius 3 is 1.85 bits per heavy atom. The van der Waals surface area contributed by atoms with Crippen LogP contribution >= 0.6 is 23.5 Å². The predicted molar refractivity (Wildman–Crippen MR) is 331 cm³/mol. The van der Waals surface area contributed by atoms with Crippen molar-refractivity contribution >= 4 is 89.4 Å². The summed E-state index contributed by atoms with van der Waals surface area (Å²) < 4.78 is 140.